The number of rotatable bonds is 13. The van der Waals surface area contributed by atoms with E-state index in [1.165, 1.54) is 21.8 Å². The van der Waals surface area contributed by atoms with Gasteiger partial charge in [0, 0.05) is 40.2 Å². The third-order valence-corrected chi connectivity index (χ3v) is 14.2. The number of aliphatic hydroxyl groups excluding tert-OH is 2. The lowest BCUT2D eigenvalue weighted by Crippen LogP contribution is -2.54. The van der Waals surface area contributed by atoms with E-state index in [2.05, 4.69) is 66.6 Å². The molecule has 0 aliphatic heterocycles. The fraction of sp³-hybridized carbons (Fsp3) is 0.426. The molecule has 0 saturated heterocycles. The van der Waals surface area contributed by atoms with Crippen LogP contribution in [0.2, 0.25) is 0 Å². The van der Waals surface area contributed by atoms with Crippen molar-refractivity contribution in [2.24, 2.45) is 5.41 Å². The molecule has 0 unspecified atom stereocenters. The maximum Gasteiger partial charge on any atom is 0.203 e. The number of carbonyl (C=O) groups excluding carboxylic acids is 1. The second-order valence-corrected chi connectivity index (χ2v) is 18.3. The number of allylic oxidation sites excluding steroid dienone is 2. The summed E-state index contributed by atoms with van der Waals surface area (Å²) in [6.07, 6.45) is 6.71. The first kappa shape index (κ1) is 39.8. The first-order chi connectivity index (χ1) is 26.6. The van der Waals surface area contributed by atoms with Crippen LogP contribution in [0.15, 0.2) is 108 Å². The Labute approximate surface area is 334 Å². The molecule has 3 N–H and O–H groups in total. The Hall–Kier alpha value is -3.47. The molecule has 3 aliphatic rings. The number of hydrogen-bond acceptors (Lipinski definition) is 8. The van der Waals surface area contributed by atoms with E-state index >= 15 is 0 Å². The average Bonchev–Trinajstić information content (AvgIpc) is 3.92. The molecule has 2 aromatic heterocycles. The highest BCUT2D eigenvalue weighted by atomic mass is 32.1. The summed E-state index contributed by atoms with van der Waals surface area (Å²) >= 11 is 3.26. The summed E-state index contributed by atoms with van der Waals surface area (Å²) < 4.78 is 7.04. The summed E-state index contributed by atoms with van der Waals surface area (Å²) in [5, 5.41) is 38.6. The molecular weight excluding hydrogens is 723 g/mol. The van der Waals surface area contributed by atoms with Crippen molar-refractivity contribution in [2.75, 3.05) is 26.2 Å². The molecule has 1 fully saturated rings. The van der Waals surface area contributed by atoms with Crippen LogP contribution in [0.1, 0.15) is 95.1 Å². The number of carbonyl (C=O) groups is 1. The molecular formula is C47H55NO5S2. The van der Waals surface area contributed by atoms with Gasteiger partial charge in [0.05, 0.1) is 35.9 Å². The number of hydrogen-bond donors (Lipinski definition) is 3. The molecule has 2 heterocycles. The van der Waals surface area contributed by atoms with Gasteiger partial charge in [-0.05, 0) is 116 Å². The molecule has 2 bridgehead atoms. The van der Waals surface area contributed by atoms with Crippen LogP contribution in [-0.4, -0.2) is 70.1 Å². The molecule has 3 aromatic carbocycles. The minimum absolute atomic E-state index is 0.00404. The van der Waals surface area contributed by atoms with Crippen LogP contribution in [0.3, 0.4) is 0 Å². The van der Waals surface area contributed by atoms with Crippen molar-refractivity contribution in [3.63, 3.8) is 0 Å². The normalized spacial score (nSPS) is 23.8. The predicted octanol–water partition coefficient (Wildman–Crippen LogP) is 9.35. The fourth-order valence-electron chi connectivity index (χ4n) is 8.99. The number of aliphatic hydroxyl groups is 3. The second-order valence-electron chi connectivity index (χ2n) is 16.1. The van der Waals surface area contributed by atoms with E-state index in [0.717, 1.165) is 58.9 Å². The van der Waals surface area contributed by atoms with Gasteiger partial charge in [0.2, 0.25) is 5.78 Å². The van der Waals surface area contributed by atoms with E-state index in [1.807, 2.05) is 54.6 Å². The second kappa shape index (κ2) is 17.8. The zero-order valence-electron chi connectivity index (χ0n) is 32.2. The molecule has 0 spiro atoms. The summed E-state index contributed by atoms with van der Waals surface area (Å²) in [5.41, 5.74) is 3.29. The minimum Gasteiger partial charge on any atom is -0.393 e. The van der Waals surface area contributed by atoms with Crippen LogP contribution >= 0.6 is 22.7 Å². The Morgan fingerprint density at radius 3 is 2.62 bits per heavy atom. The molecule has 3 aliphatic carbocycles. The van der Waals surface area contributed by atoms with Gasteiger partial charge >= 0.3 is 0 Å². The van der Waals surface area contributed by atoms with Crippen LogP contribution in [0.25, 0.3) is 10.1 Å². The first-order valence-corrected chi connectivity index (χ1v) is 21.6. The number of ether oxygens (including phenoxy) is 1. The lowest BCUT2D eigenvalue weighted by atomic mass is 9.64. The largest absolute Gasteiger partial charge is 0.393 e. The Kier molecular flexibility index (Phi) is 12.8. The number of thiophene rings is 2. The maximum absolute atomic E-state index is 14.6. The van der Waals surface area contributed by atoms with Crippen molar-refractivity contribution in [1.29, 1.82) is 0 Å². The van der Waals surface area contributed by atoms with Crippen LogP contribution < -0.4 is 0 Å². The van der Waals surface area contributed by atoms with Crippen LogP contribution in [0.5, 0.6) is 0 Å². The molecule has 0 radical (unpaired) electrons. The summed E-state index contributed by atoms with van der Waals surface area (Å²) in [5.74, 6) is -0.0657. The van der Waals surface area contributed by atoms with Gasteiger partial charge in [-0.3, -0.25) is 9.69 Å². The highest BCUT2D eigenvalue weighted by molar-refractivity contribution is 7.21. The maximum atomic E-state index is 14.6. The van der Waals surface area contributed by atoms with Crippen molar-refractivity contribution in [3.8, 4) is 0 Å². The monoisotopic (exact) mass is 777 g/mol. The number of ketones is 1. The third-order valence-electron chi connectivity index (χ3n) is 12.2. The van der Waals surface area contributed by atoms with Crippen LogP contribution in [0.4, 0.5) is 0 Å². The number of nitrogens with zero attached hydrogens (tertiary/aromatic N) is 1. The van der Waals surface area contributed by atoms with Gasteiger partial charge in [-0.25, -0.2) is 0 Å². The number of fused-ring (bicyclic) bond motifs is 9. The summed E-state index contributed by atoms with van der Waals surface area (Å²) in [6, 6.07) is 30.6. The predicted molar refractivity (Wildman–Crippen MR) is 225 cm³/mol. The smallest absolute Gasteiger partial charge is 0.203 e. The van der Waals surface area contributed by atoms with Gasteiger partial charge in [0.15, 0.2) is 0 Å². The standard InChI is InChI=1S/C47H55NO5S2/c1-33-10-8-22-46(2)42(40-19-17-35(26-37(49)18-16-33)27-41(40)45(51)44-28-36-13-6-7-15-43(36)55-44)20-23-47(46,52)32-48(24-21-39-14-9-25-54-39)29-38(50)31-53-30-34-11-4-3-5-12-34/h3-7,9-15,17,19,25,27-28,37-38,42,49-50,52H,8,16,18,20-24,26,29-32H2,1-2H3/t37-,38+,42-,46-,47+/m0/s1. The average molecular weight is 778 g/mol. The van der Waals surface area contributed by atoms with E-state index < -0.39 is 23.2 Å². The summed E-state index contributed by atoms with van der Waals surface area (Å²) in [7, 11) is 0. The molecule has 8 heteroatoms. The Morgan fingerprint density at radius 2 is 1.82 bits per heavy atom. The van der Waals surface area contributed by atoms with Gasteiger partial charge in [-0.2, -0.15) is 0 Å². The molecule has 5 atom stereocenters. The van der Waals surface area contributed by atoms with Gasteiger partial charge in [-0.1, -0.05) is 85.3 Å². The molecule has 0 amide bonds. The Balaban J connectivity index is 1.20. The molecule has 8 rings (SSSR count). The van der Waals surface area contributed by atoms with Gasteiger partial charge < -0.3 is 20.1 Å². The third kappa shape index (κ3) is 9.40. The molecule has 55 heavy (non-hydrogen) atoms. The zero-order chi connectivity index (χ0) is 38.4. The lowest BCUT2D eigenvalue weighted by Gasteiger charge is -2.46. The van der Waals surface area contributed by atoms with Gasteiger partial charge in [0.1, 0.15) is 0 Å². The zero-order valence-corrected chi connectivity index (χ0v) is 33.8. The van der Waals surface area contributed by atoms with E-state index in [0.29, 0.717) is 55.9 Å². The highest BCUT2D eigenvalue weighted by Gasteiger charge is 2.57. The molecule has 1 saturated carbocycles. The van der Waals surface area contributed by atoms with Crippen LogP contribution in [-0.2, 0) is 24.2 Å². The molecule has 6 nitrogen and oxygen atoms in total. The topological polar surface area (TPSA) is 90.2 Å². The van der Waals surface area contributed by atoms with Gasteiger partial charge in [-0.15, -0.1) is 22.7 Å². The quantitative estimate of drug-likeness (QED) is 0.0816. The van der Waals surface area contributed by atoms with E-state index in [9.17, 15) is 20.1 Å². The van der Waals surface area contributed by atoms with Crippen molar-refractivity contribution in [2.45, 2.75) is 95.5 Å². The Morgan fingerprint density at radius 1 is 1.00 bits per heavy atom. The molecule has 5 aromatic rings. The number of benzene rings is 3. The minimum atomic E-state index is -1.08. The summed E-state index contributed by atoms with van der Waals surface area (Å²) in [4.78, 5) is 18.9. The fourth-order valence-corrected chi connectivity index (χ4v) is 10.7. The van der Waals surface area contributed by atoms with E-state index in [4.69, 9.17) is 4.74 Å². The van der Waals surface area contributed by atoms with E-state index in [-0.39, 0.29) is 18.3 Å². The Bertz CT molecular complexity index is 2020. The molecule has 290 valence electrons. The van der Waals surface area contributed by atoms with Crippen molar-refractivity contribution >= 4 is 38.5 Å². The van der Waals surface area contributed by atoms with Crippen molar-refractivity contribution in [1.82, 2.24) is 4.90 Å². The van der Waals surface area contributed by atoms with Crippen molar-refractivity contribution < 1.29 is 24.9 Å². The highest BCUT2D eigenvalue weighted by Crippen LogP contribution is 2.59. The summed E-state index contributed by atoms with van der Waals surface area (Å²) in [6.45, 7) is 6.51. The van der Waals surface area contributed by atoms with Crippen molar-refractivity contribution in [3.05, 3.63) is 140 Å². The first-order valence-electron chi connectivity index (χ1n) is 19.9. The van der Waals surface area contributed by atoms with Crippen LogP contribution in [0, 0.1) is 5.41 Å². The van der Waals surface area contributed by atoms with Gasteiger partial charge in [0.25, 0.3) is 0 Å². The van der Waals surface area contributed by atoms with E-state index in [1.54, 1.807) is 11.3 Å². The lowest BCUT2D eigenvalue weighted by molar-refractivity contribution is -0.0905. The SMILES string of the molecule is CC1=CCC[C@@]2(C)[C@@H](CC[C@@]2(O)CN(CCc2cccs2)C[C@@H](O)COCc2ccccc2)c2ccc(cc2C(=O)c2cc3ccccc3s2)C[C@@H](O)CC1.